The number of para-hydroxylation sites is 1. The molecule has 0 saturated carbocycles. The number of furan rings is 1. The van der Waals surface area contributed by atoms with Gasteiger partial charge in [-0.15, -0.1) is 0 Å². The fourth-order valence-electron chi connectivity index (χ4n) is 2.00. The molecule has 1 N–H and O–H groups in total. The summed E-state index contributed by atoms with van der Waals surface area (Å²) >= 11 is 0. The number of halogens is 3. The van der Waals surface area contributed by atoms with Gasteiger partial charge in [-0.1, -0.05) is 18.2 Å². The number of ether oxygens (including phenoxy) is 1. The Morgan fingerprint density at radius 1 is 1.35 bits per heavy atom. The van der Waals surface area contributed by atoms with Crippen molar-refractivity contribution in [2.75, 3.05) is 20.3 Å². The van der Waals surface area contributed by atoms with Gasteiger partial charge in [0.1, 0.15) is 18.0 Å². The lowest BCUT2D eigenvalue weighted by Crippen LogP contribution is -2.25. The first-order valence-electron chi connectivity index (χ1n) is 6.21. The molecule has 0 amide bonds. The van der Waals surface area contributed by atoms with Crippen LogP contribution in [0.1, 0.15) is 17.4 Å². The highest BCUT2D eigenvalue weighted by atomic mass is 19.4. The Bertz CT molecular complexity index is 577. The van der Waals surface area contributed by atoms with Crippen molar-refractivity contribution >= 4 is 11.0 Å². The van der Waals surface area contributed by atoms with Gasteiger partial charge in [-0.25, -0.2) is 0 Å². The van der Waals surface area contributed by atoms with Crippen LogP contribution < -0.4 is 5.32 Å². The van der Waals surface area contributed by atoms with Gasteiger partial charge in [0.25, 0.3) is 0 Å². The molecule has 0 spiro atoms. The molecule has 0 aliphatic heterocycles. The predicted octanol–water partition coefficient (Wildman–Crippen LogP) is 3.58. The molecule has 0 radical (unpaired) electrons. The third-order valence-corrected chi connectivity index (χ3v) is 3.00. The minimum absolute atomic E-state index is 0.102. The van der Waals surface area contributed by atoms with Crippen LogP contribution in [-0.4, -0.2) is 26.4 Å². The van der Waals surface area contributed by atoms with E-state index in [2.05, 4.69) is 10.1 Å². The van der Waals surface area contributed by atoms with E-state index in [1.807, 2.05) is 31.2 Å². The molecule has 2 rings (SSSR count). The molecule has 20 heavy (non-hydrogen) atoms. The van der Waals surface area contributed by atoms with Gasteiger partial charge in [-0.3, -0.25) is 0 Å². The Labute approximate surface area is 114 Å². The third kappa shape index (κ3) is 3.52. The van der Waals surface area contributed by atoms with Crippen LogP contribution in [0, 0.1) is 6.92 Å². The molecule has 0 aliphatic carbocycles. The summed E-state index contributed by atoms with van der Waals surface area (Å²) < 4.78 is 46.6. The third-order valence-electron chi connectivity index (χ3n) is 3.00. The van der Waals surface area contributed by atoms with Gasteiger partial charge in [0.05, 0.1) is 12.6 Å². The number of benzene rings is 1. The molecule has 1 aromatic carbocycles. The standard InChI is InChI=1S/C14H16F3NO2/c1-9-4-3-5-10-6-12(20-13(9)10)11(18-2)7-19-8-14(15,16)17/h3-6,11,18H,7-8H2,1-2H3. The zero-order valence-corrected chi connectivity index (χ0v) is 11.3. The molecule has 0 aliphatic rings. The Morgan fingerprint density at radius 3 is 2.70 bits per heavy atom. The van der Waals surface area contributed by atoms with Crippen LogP contribution in [0.4, 0.5) is 13.2 Å². The van der Waals surface area contributed by atoms with Crippen LogP contribution in [-0.2, 0) is 4.74 Å². The second-order valence-corrected chi connectivity index (χ2v) is 4.61. The van der Waals surface area contributed by atoms with E-state index in [-0.39, 0.29) is 6.61 Å². The van der Waals surface area contributed by atoms with Crippen LogP contribution in [0.3, 0.4) is 0 Å². The molecule has 6 heteroatoms. The number of aryl methyl sites for hydroxylation is 1. The SMILES string of the molecule is CNC(COCC(F)(F)F)c1cc2cccc(C)c2o1. The second kappa shape index (κ2) is 5.85. The Balaban J connectivity index is 2.11. The molecular weight excluding hydrogens is 271 g/mol. The molecule has 1 aromatic heterocycles. The molecule has 1 heterocycles. The molecule has 1 atom stereocenters. The van der Waals surface area contributed by atoms with E-state index in [1.165, 1.54) is 0 Å². The zero-order chi connectivity index (χ0) is 14.8. The maximum Gasteiger partial charge on any atom is 0.411 e. The average Bonchev–Trinajstić information content (AvgIpc) is 2.78. The lowest BCUT2D eigenvalue weighted by atomic mass is 10.1. The van der Waals surface area contributed by atoms with Gasteiger partial charge < -0.3 is 14.5 Å². The van der Waals surface area contributed by atoms with Crippen molar-refractivity contribution in [3.8, 4) is 0 Å². The van der Waals surface area contributed by atoms with Gasteiger partial charge in [-0.2, -0.15) is 13.2 Å². The van der Waals surface area contributed by atoms with Crippen LogP contribution in [0.2, 0.25) is 0 Å². The van der Waals surface area contributed by atoms with E-state index < -0.39 is 18.8 Å². The van der Waals surface area contributed by atoms with E-state index in [0.29, 0.717) is 5.76 Å². The summed E-state index contributed by atoms with van der Waals surface area (Å²) in [5.74, 6) is 0.568. The molecule has 2 aromatic rings. The van der Waals surface area contributed by atoms with Gasteiger partial charge >= 0.3 is 6.18 Å². The van der Waals surface area contributed by atoms with Gasteiger partial charge in [-0.05, 0) is 25.6 Å². The number of rotatable bonds is 5. The zero-order valence-electron chi connectivity index (χ0n) is 11.3. The highest BCUT2D eigenvalue weighted by Gasteiger charge is 2.28. The predicted molar refractivity (Wildman–Crippen MR) is 69.6 cm³/mol. The summed E-state index contributed by atoms with van der Waals surface area (Å²) in [7, 11) is 1.65. The maximum atomic E-state index is 12.1. The van der Waals surface area contributed by atoms with E-state index in [1.54, 1.807) is 7.05 Å². The monoisotopic (exact) mass is 287 g/mol. The number of hydrogen-bond acceptors (Lipinski definition) is 3. The normalized spacial score (nSPS) is 13.8. The van der Waals surface area contributed by atoms with Crippen LogP contribution in [0.15, 0.2) is 28.7 Å². The highest BCUT2D eigenvalue weighted by molar-refractivity contribution is 5.80. The largest absolute Gasteiger partial charge is 0.459 e. The van der Waals surface area contributed by atoms with Gasteiger partial charge in [0, 0.05) is 5.39 Å². The van der Waals surface area contributed by atoms with Gasteiger partial charge in [0.2, 0.25) is 0 Å². The Morgan fingerprint density at radius 2 is 2.10 bits per heavy atom. The first kappa shape index (κ1) is 14.9. The minimum Gasteiger partial charge on any atom is -0.459 e. The van der Waals surface area contributed by atoms with Crippen LogP contribution in [0.5, 0.6) is 0 Å². The van der Waals surface area contributed by atoms with Crippen LogP contribution >= 0.6 is 0 Å². The van der Waals surface area contributed by atoms with E-state index in [4.69, 9.17) is 4.42 Å². The number of hydrogen-bond donors (Lipinski definition) is 1. The Hall–Kier alpha value is -1.53. The minimum atomic E-state index is -4.32. The van der Waals surface area contributed by atoms with Crippen molar-refractivity contribution in [1.82, 2.24) is 5.32 Å². The molecule has 0 saturated heterocycles. The molecular formula is C14H16F3NO2. The topological polar surface area (TPSA) is 34.4 Å². The summed E-state index contributed by atoms with van der Waals surface area (Å²) in [6.07, 6.45) is -4.32. The average molecular weight is 287 g/mol. The molecule has 110 valence electrons. The van der Waals surface area contributed by atoms with Gasteiger partial charge in [0.15, 0.2) is 0 Å². The summed E-state index contributed by atoms with van der Waals surface area (Å²) in [6, 6.07) is 7.14. The number of alkyl halides is 3. The summed E-state index contributed by atoms with van der Waals surface area (Å²) in [4.78, 5) is 0. The van der Waals surface area contributed by atoms with E-state index >= 15 is 0 Å². The Kier molecular flexibility index (Phi) is 4.35. The quantitative estimate of drug-likeness (QED) is 0.912. The van der Waals surface area contributed by atoms with Crippen molar-refractivity contribution in [3.05, 3.63) is 35.6 Å². The first-order chi connectivity index (χ1) is 9.40. The summed E-state index contributed by atoms with van der Waals surface area (Å²) in [5.41, 5.74) is 1.73. The summed E-state index contributed by atoms with van der Waals surface area (Å²) in [5, 5.41) is 3.83. The van der Waals surface area contributed by atoms with Crippen molar-refractivity contribution in [2.24, 2.45) is 0 Å². The fourth-order valence-corrected chi connectivity index (χ4v) is 2.00. The fraction of sp³-hybridized carbons (Fsp3) is 0.429. The van der Waals surface area contributed by atoms with E-state index in [9.17, 15) is 13.2 Å². The lowest BCUT2D eigenvalue weighted by Gasteiger charge is -2.14. The van der Waals surface area contributed by atoms with E-state index in [0.717, 1.165) is 16.5 Å². The van der Waals surface area contributed by atoms with Crippen molar-refractivity contribution in [3.63, 3.8) is 0 Å². The van der Waals surface area contributed by atoms with Crippen LogP contribution in [0.25, 0.3) is 11.0 Å². The van der Waals surface area contributed by atoms with Crippen molar-refractivity contribution in [1.29, 1.82) is 0 Å². The van der Waals surface area contributed by atoms with Crippen molar-refractivity contribution in [2.45, 2.75) is 19.1 Å². The maximum absolute atomic E-state index is 12.1. The second-order valence-electron chi connectivity index (χ2n) is 4.61. The first-order valence-corrected chi connectivity index (χ1v) is 6.21. The highest BCUT2D eigenvalue weighted by Crippen LogP contribution is 2.26. The smallest absolute Gasteiger partial charge is 0.411 e. The molecule has 0 bridgehead atoms. The molecule has 3 nitrogen and oxygen atoms in total. The van der Waals surface area contributed by atoms with Crippen molar-refractivity contribution < 1.29 is 22.3 Å². The molecule has 0 fully saturated rings. The number of fused-ring (bicyclic) bond motifs is 1. The number of nitrogens with one attached hydrogen (secondary N) is 1. The molecule has 1 unspecified atom stereocenters. The summed E-state index contributed by atoms with van der Waals surface area (Å²) in [6.45, 7) is 0.559. The number of likely N-dealkylation sites (N-methyl/N-ethyl adjacent to an activating group) is 1. The lowest BCUT2D eigenvalue weighted by molar-refractivity contribution is -0.175.